The number of carbonyl (C=O) groups excluding carboxylic acids is 1. The van der Waals surface area contributed by atoms with Crippen molar-refractivity contribution in [3.8, 4) is 17.4 Å². The lowest BCUT2D eigenvalue weighted by atomic mass is 10.4. The van der Waals surface area contributed by atoms with Gasteiger partial charge in [-0.2, -0.15) is 13.2 Å². The van der Waals surface area contributed by atoms with Crippen LogP contribution in [-0.2, 0) is 4.74 Å². The van der Waals surface area contributed by atoms with Crippen LogP contribution in [0.1, 0.15) is 17.4 Å². The van der Waals surface area contributed by atoms with E-state index in [1.807, 2.05) is 0 Å². The quantitative estimate of drug-likeness (QED) is 0.464. The number of fused-ring (bicyclic) bond motifs is 1. The highest BCUT2D eigenvalue weighted by atomic mass is 19.4. The molecule has 0 saturated heterocycles. The SMILES string of the molecule is CCOC(=O)c1cn2cc(Oc3ncc(F)cc3OCC(F)(F)F)ccc2n1. The molecular weight excluding hydrogens is 386 g/mol. The highest BCUT2D eigenvalue weighted by Crippen LogP contribution is 2.31. The molecule has 0 radical (unpaired) electrons. The number of pyridine rings is 2. The summed E-state index contributed by atoms with van der Waals surface area (Å²) >= 11 is 0. The summed E-state index contributed by atoms with van der Waals surface area (Å²) in [5.41, 5.74) is 0.490. The molecule has 28 heavy (non-hydrogen) atoms. The second kappa shape index (κ2) is 7.71. The van der Waals surface area contributed by atoms with E-state index in [2.05, 4.69) is 14.7 Å². The molecule has 148 valence electrons. The second-order valence-electron chi connectivity index (χ2n) is 5.44. The van der Waals surface area contributed by atoms with Crippen molar-refractivity contribution in [2.24, 2.45) is 0 Å². The van der Waals surface area contributed by atoms with Crippen molar-refractivity contribution in [3.63, 3.8) is 0 Å². The molecule has 0 aliphatic carbocycles. The summed E-state index contributed by atoms with van der Waals surface area (Å²) in [5, 5.41) is 0. The van der Waals surface area contributed by atoms with Gasteiger partial charge in [-0.1, -0.05) is 0 Å². The Hall–Kier alpha value is -3.37. The van der Waals surface area contributed by atoms with Crippen molar-refractivity contribution in [3.05, 3.63) is 48.3 Å². The highest BCUT2D eigenvalue weighted by Gasteiger charge is 2.29. The van der Waals surface area contributed by atoms with Crippen molar-refractivity contribution in [2.75, 3.05) is 13.2 Å². The first-order valence-electron chi connectivity index (χ1n) is 7.94. The molecule has 0 N–H and O–H groups in total. The van der Waals surface area contributed by atoms with Crippen LogP contribution in [0.3, 0.4) is 0 Å². The third kappa shape index (κ3) is 4.67. The molecule has 0 unspecified atom stereocenters. The van der Waals surface area contributed by atoms with Crippen molar-refractivity contribution in [1.29, 1.82) is 0 Å². The Morgan fingerprint density at radius 3 is 2.75 bits per heavy atom. The lowest BCUT2D eigenvalue weighted by molar-refractivity contribution is -0.153. The van der Waals surface area contributed by atoms with E-state index in [0.29, 0.717) is 5.65 Å². The Morgan fingerprint density at radius 2 is 2.04 bits per heavy atom. The number of nitrogens with zero attached hydrogens (tertiary/aromatic N) is 3. The van der Waals surface area contributed by atoms with Gasteiger partial charge >= 0.3 is 12.1 Å². The number of carbonyl (C=O) groups is 1. The normalized spacial score (nSPS) is 11.5. The predicted octanol–water partition coefficient (Wildman–Crippen LogP) is 3.78. The third-order valence-corrected chi connectivity index (χ3v) is 3.30. The molecular formula is C17H13F4N3O4. The maximum absolute atomic E-state index is 13.3. The van der Waals surface area contributed by atoms with Gasteiger partial charge in [0.05, 0.1) is 19.0 Å². The predicted molar refractivity (Wildman–Crippen MR) is 87.0 cm³/mol. The number of esters is 1. The summed E-state index contributed by atoms with van der Waals surface area (Å²) in [6, 6.07) is 3.70. The Balaban J connectivity index is 1.85. The summed E-state index contributed by atoms with van der Waals surface area (Å²) in [5.74, 6) is -2.19. The van der Waals surface area contributed by atoms with Crippen molar-refractivity contribution < 1.29 is 36.6 Å². The molecule has 11 heteroatoms. The fourth-order valence-electron chi connectivity index (χ4n) is 2.19. The van der Waals surface area contributed by atoms with Crippen LogP contribution in [0, 0.1) is 5.82 Å². The van der Waals surface area contributed by atoms with Gasteiger partial charge in [0.2, 0.25) is 0 Å². The number of ether oxygens (including phenoxy) is 3. The first-order chi connectivity index (χ1) is 13.2. The van der Waals surface area contributed by atoms with Gasteiger partial charge in [-0.25, -0.2) is 19.2 Å². The average Bonchev–Trinajstić information content (AvgIpc) is 3.05. The van der Waals surface area contributed by atoms with Crippen LogP contribution in [0.2, 0.25) is 0 Å². The van der Waals surface area contributed by atoms with E-state index in [1.54, 1.807) is 6.92 Å². The number of aromatic nitrogens is 3. The van der Waals surface area contributed by atoms with Gasteiger partial charge in [-0.3, -0.25) is 0 Å². The highest BCUT2D eigenvalue weighted by molar-refractivity contribution is 5.87. The first kappa shape index (κ1) is 19.4. The third-order valence-electron chi connectivity index (χ3n) is 3.30. The molecule has 3 heterocycles. The van der Waals surface area contributed by atoms with Crippen LogP contribution in [0.25, 0.3) is 5.65 Å². The van der Waals surface area contributed by atoms with Crippen LogP contribution in [0.4, 0.5) is 17.6 Å². The van der Waals surface area contributed by atoms with Gasteiger partial charge in [0.1, 0.15) is 17.2 Å². The van der Waals surface area contributed by atoms with Crippen LogP contribution >= 0.6 is 0 Å². The molecule has 0 bridgehead atoms. The molecule has 0 amide bonds. The lowest BCUT2D eigenvalue weighted by Crippen LogP contribution is -2.19. The minimum atomic E-state index is -4.61. The maximum Gasteiger partial charge on any atom is 0.422 e. The standard InChI is InChI=1S/C17H13F4N3O4/c1-2-26-16(25)12-8-24-7-11(3-4-14(24)23-12)28-15-13(5-10(18)6-22-15)27-9-17(19,20)21/h3-8H,2,9H2,1H3. The number of imidazole rings is 1. The van der Waals surface area contributed by atoms with Gasteiger partial charge in [0, 0.05) is 12.3 Å². The van der Waals surface area contributed by atoms with Crippen LogP contribution < -0.4 is 9.47 Å². The zero-order valence-corrected chi connectivity index (χ0v) is 14.4. The molecule has 3 aromatic heterocycles. The topological polar surface area (TPSA) is 75.0 Å². The Bertz CT molecular complexity index is 1000. The summed E-state index contributed by atoms with van der Waals surface area (Å²) in [4.78, 5) is 19.4. The van der Waals surface area contributed by atoms with Crippen molar-refractivity contribution in [2.45, 2.75) is 13.1 Å². The summed E-state index contributed by atoms with van der Waals surface area (Å²) in [7, 11) is 0. The summed E-state index contributed by atoms with van der Waals surface area (Å²) < 4.78 is 66.7. The summed E-state index contributed by atoms with van der Waals surface area (Å²) in [6.07, 6.45) is -1.00. The Kier molecular flexibility index (Phi) is 5.34. The average molecular weight is 399 g/mol. The van der Waals surface area contributed by atoms with Gasteiger partial charge in [0.25, 0.3) is 5.88 Å². The molecule has 0 saturated carbocycles. The largest absolute Gasteiger partial charge is 0.478 e. The van der Waals surface area contributed by atoms with E-state index in [4.69, 9.17) is 9.47 Å². The van der Waals surface area contributed by atoms with E-state index in [0.717, 1.165) is 12.3 Å². The molecule has 3 aromatic rings. The number of halogens is 4. The molecule has 0 spiro atoms. The van der Waals surface area contributed by atoms with Gasteiger partial charge in [-0.05, 0) is 19.1 Å². The molecule has 0 fully saturated rings. The monoisotopic (exact) mass is 399 g/mol. The zero-order valence-electron chi connectivity index (χ0n) is 14.4. The smallest absolute Gasteiger partial charge is 0.422 e. The van der Waals surface area contributed by atoms with Gasteiger partial charge in [0.15, 0.2) is 18.1 Å². The Morgan fingerprint density at radius 1 is 1.25 bits per heavy atom. The second-order valence-corrected chi connectivity index (χ2v) is 5.44. The van der Waals surface area contributed by atoms with E-state index < -0.39 is 30.3 Å². The molecule has 3 rings (SSSR count). The molecule has 0 aromatic carbocycles. The minimum absolute atomic E-state index is 0.0770. The van der Waals surface area contributed by atoms with Crippen molar-refractivity contribution >= 4 is 11.6 Å². The molecule has 0 atom stereocenters. The van der Waals surface area contributed by atoms with Gasteiger partial charge < -0.3 is 18.6 Å². The summed E-state index contributed by atoms with van der Waals surface area (Å²) in [6.45, 7) is 0.226. The van der Waals surface area contributed by atoms with Crippen LogP contribution in [0.5, 0.6) is 17.4 Å². The lowest BCUT2D eigenvalue weighted by Gasteiger charge is -2.13. The van der Waals surface area contributed by atoms with Crippen LogP contribution in [0.15, 0.2) is 36.8 Å². The molecule has 0 aliphatic heterocycles. The Labute approximate surface area is 155 Å². The van der Waals surface area contributed by atoms with Crippen molar-refractivity contribution in [1.82, 2.24) is 14.4 Å². The van der Waals surface area contributed by atoms with Crippen LogP contribution in [-0.4, -0.2) is 39.7 Å². The van der Waals surface area contributed by atoms with E-state index in [-0.39, 0.29) is 23.9 Å². The molecule has 7 nitrogen and oxygen atoms in total. The maximum atomic E-state index is 13.3. The fourth-order valence-corrected chi connectivity index (χ4v) is 2.19. The first-order valence-corrected chi connectivity index (χ1v) is 7.94. The zero-order chi connectivity index (χ0) is 20.3. The number of hydrogen-bond acceptors (Lipinski definition) is 6. The number of alkyl halides is 3. The number of hydrogen-bond donors (Lipinski definition) is 0. The fraction of sp³-hybridized carbons (Fsp3) is 0.235. The van der Waals surface area contributed by atoms with E-state index >= 15 is 0 Å². The number of rotatable bonds is 6. The minimum Gasteiger partial charge on any atom is -0.478 e. The molecule has 0 aliphatic rings. The van der Waals surface area contributed by atoms with E-state index in [9.17, 15) is 22.4 Å². The van der Waals surface area contributed by atoms with E-state index in [1.165, 1.54) is 28.9 Å². The van der Waals surface area contributed by atoms with Gasteiger partial charge in [-0.15, -0.1) is 0 Å².